The summed E-state index contributed by atoms with van der Waals surface area (Å²) in [5.41, 5.74) is 6.13. The summed E-state index contributed by atoms with van der Waals surface area (Å²) >= 11 is 0. The maximum absolute atomic E-state index is 11.2. The van der Waals surface area contributed by atoms with Crippen LogP contribution in [0.5, 0.6) is 5.75 Å². The molecular formula is C10H14N2O3. The Morgan fingerprint density at radius 3 is 2.73 bits per heavy atom. The number of phenolic OH excluding ortho intramolecular Hbond substituents is 1. The lowest BCUT2D eigenvalue weighted by Gasteiger charge is -2.10. The molecule has 0 fully saturated rings. The van der Waals surface area contributed by atoms with E-state index in [2.05, 4.69) is 5.32 Å². The van der Waals surface area contributed by atoms with Gasteiger partial charge in [0.25, 0.3) is 0 Å². The number of rotatable bonds is 2. The average molecular weight is 210 g/mol. The van der Waals surface area contributed by atoms with Crippen LogP contribution in [0.15, 0.2) is 18.2 Å². The van der Waals surface area contributed by atoms with Crippen molar-refractivity contribution in [3.05, 3.63) is 18.2 Å². The Balaban J connectivity index is 2.68. The number of nitrogen functional groups attached to an aromatic ring is 1. The lowest BCUT2D eigenvalue weighted by atomic mass is 10.2. The molecule has 15 heavy (non-hydrogen) atoms. The molecule has 0 saturated heterocycles. The van der Waals surface area contributed by atoms with E-state index >= 15 is 0 Å². The maximum atomic E-state index is 11.2. The monoisotopic (exact) mass is 210 g/mol. The largest absolute Gasteiger partial charge is 0.506 e. The molecular weight excluding hydrogens is 196 g/mol. The van der Waals surface area contributed by atoms with Crippen molar-refractivity contribution in [2.24, 2.45) is 0 Å². The molecule has 0 aliphatic heterocycles. The second-order valence-corrected chi connectivity index (χ2v) is 3.36. The van der Waals surface area contributed by atoms with Gasteiger partial charge in [0.1, 0.15) is 5.75 Å². The number of hydrogen-bond donors (Lipinski definition) is 3. The second-order valence-electron chi connectivity index (χ2n) is 3.36. The highest BCUT2D eigenvalue weighted by molar-refractivity contribution is 5.87. The summed E-state index contributed by atoms with van der Waals surface area (Å²) in [6.07, 6.45) is -0.814. The number of anilines is 2. The predicted molar refractivity (Wildman–Crippen MR) is 57.8 cm³/mol. The van der Waals surface area contributed by atoms with E-state index in [4.69, 9.17) is 10.5 Å². The van der Waals surface area contributed by atoms with Crippen molar-refractivity contribution in [3.8, 4) is 5.75 Å². The highest BCUT2D eigenvalue weighted by atomic mass is 16.6. The molecule has 0 unspecified atom stereocenters. The molecule has 1 rings (SSSR count). The van der Waals surface area contributed by atoms with Gasteiger partial charge < -0.3 is 15.6 Å². The molecule has 0 aliphatic rings. The summed E-state index contributed by atoms with van der Waals surface area (Å²) in [4.78, 5) is 11.2. The van der Waals surface area contributed by atoms with Gasteiger partial charge in [-0.05, 0) is 26.0 Å². The van der Waals surface area contributed by atoms with Gasteiger partial charge in [0.2, 0.25) is 0 Å². The molecule has 5 nitrogen and oxygen atoms in total. The first-order valence-corrected chi connectivity index (χ1v) is 4.55. The summed E-state index contributed by atoms with van der Waals surface area (Å²) in [5, 5.41) is 11.8. The highest BCUT2D eigenvalue weighted by Crippen LogP contribution is 2.25. The van der Waals surface area contributed by atoms with E-state index in [0.29, 0.717) is 5.69 Å². The zero-order chi connectivity index (χ0) is 11.4. The average Bonchev–Trinajstić information content (AvgIpc) is 2.08. The van der Waals surface area contributed by atoms with Crippen LogP contribution >= 0.6 is 0 Å². The summed E-state index contributed by atoms with van der Waals surface area (Å²) < 4.78 is 4.85. The van der Waals surface area contributed by atoms with Crippen molar-refractivity contribution in [2.45, 2.75) is 20.0 Å². The molecule has 82 valence electrons. The lowest BCUT2D eigenvalue weighted by molar-refractivity contribution is 0.130. The minimum atomic E-state index is -0.606. The number of phenols is 1. The molecule has 0 aliphatic carbocycles. The summed E-state index contributed by atoms with van der Waals surface area (Å²) in [5.74, 6) is -0.0873. The topological polar surface area (TPSA) is 84.6 Å². The number of carbonyl (C=O) groups excluding carboxylic acids is 1. The van der Waals surface area contributed by atoms with Crippen LogP contribution in [0.25, 0.3) is 0 Å². The Morgan fingerprint density at radius 2 is 2.20 bits per heavy atom. The SMILES string of the molecule is CC(C)OC(=O)Nc1ccc(N)cc1O. The number of benzene rings is 1. The fraction of sp³-hybridized carbons (Fsp3) is 0.300. The van der Waals surface area contributed by atoms with Gasteiger partial charge in [-0.25, -0.2) is 4.79 Å². The zero-order valence-corrected chi connectivity index (χ0v) is 8.65. The van der Waals surface area contributed by atoms with Crippen LogP contribution in [0, 0.1) is 0 Å². The van der Waals surface area contributed by atoms with Crippen molar-refractivity contribution in [1.82, 2.24) is 0 Å². The summed E-state index contributed by atoms with van der Waals surface area (Å²) in [7, 11) is 0. The van der Waals surface area contributed by atoms with E-state index in [9.17, 15) is 9.90 Å². The maximum Gasteiger partial charge on any atom is 0.411 e. The first-order valence-electron chi connectivity index (χ1n) is 4.55. The number of ether oxygens (including phenoxy) is 1. The highest BCUT2D eigenvalue weighted by Gasteiger charge is 2.08. The first-order chi connectivity index (χ1) is 6.99. The number of nitrogens with two attached hydrogens (primary N) is 1. The molecule has 1 aromatic rings. The Hall–Kier alpha value is -1.91. The molecule has 0 heterocycles. The van der Waals surface area contributed by atoms with Crippen LogP contribution in [0.4, 0.5) is 16.2 Å². The third kappa shape index (κ3) is 3.38. The molecule has 5 heteroatoms. The lowest BCUT2D eigenvalue weighted by Crippen LogP contribution is -2.18. The quantitative estimate of drug-likeness (QED) is 0.514. The number of hydrogen-bond acceptors (Lipinski definition) is 4. The molecule has 1 amide bonds. The van der Waals surface area contributed by atoms with Gasteiger partial charge in [-0.15, -0.1) is 0 Å². The number of nitrogens with one attached hydrogen (secondary N) is 1. The number of amides is 1. The first kappa shape index (κ1) is 11.2. The van der Waals surface area contributed by atoms with E-state index in [-0.39, 0.29) is 17.5 Å². The molecule has 0 radical (unpaired) electrons. The van der Waals surface area contributed by atoms with Gasteiger partial charge in [0.15, 0.2) is 0 Å². The molecule has 1 aromatic carbocycles. The van der Waals surface area contributed by atoms with Crippen LogP contribution in [-0.4, -0.2) is 17.3 Å². The third-order valence-electron chi connectivity index (χ3n) is 1.60. The molecule has 0 saturated carbocycles. The van der Waals surface area contributed by atoms with Gasteiger partial charge >= 0.3 is 6.09 Å². The van der Waals surface area contributed by atoms with Crippen LogP contribution < -0.4 is 11.1 Å². The van der Waals surface area contributed by atoms with Gasteiger partial charge in [-0.2, -0.15) is 0 Å². The Morgan fingerprint density at radius 1 is 1.53 bits per heavy atom. The Bertz CT molecular complexity index is 364. The van der Waals surface area contributed by atoms with Crippen LogP contribution in [0.1, 0.15) is 13.8 Å². The normalized spacial score (nSPS) is 10.1. The fourth-order valence-corrected chi connectivity index (χ4v) is 1.01. The molecule has 0 bridgehead atoms. The third-order valence-corrected chi connectivity index (χ3v) is 1.60. The van der Waals surface area contributed by atoms with Crippen molar-refractivity contribution < 1.29 is 14.6 Å². The fourth-order valence-electron chi connectivity index (χ4n) is 1.01. The molecule has 0 aromatic heterocycles. The van der Waals surface area contributed by atoms with Gasteiger partial charge in [0, 0.05) is 11.8 Å². The summed E-state index contributed by atoms with van der Waals surface area (Å²) in [6.45, 7) is 3.48. The van der Waals surface area contributed by atoms with Gasteiger partial charge in [-0.3, -0.25) is 5.32 Å². The van der Waals surface area contributed by atoms with Crippen molar-refractivity contribution in [3.63, 3.8) is 0 Å². The Kier molecular flexibility index (Phi) is 3.38. The van der Waals surface area contributed by atoms with Crippen LogP contribution in [0.2, 0.25) is 0 Å². The predicted octanol–water partition coefficient (Wildman–Crippen LogP) is 1.93. The number of carbonyl (C=O) groups is 1. The van der Waals surface area contributed by atoms with Gasteiger partial charge in [-0.1, -0.05) is 0 Å². The Labute approximate surface area is 87.9 Å². The molecule has 0 atom stereocenters. The van der Waals surface area contributed by atoms with E-state index in [1.807, 2.05) is 0 Å². The second kappa shape index (κ2) is 4.54. The minimum absolute atomic E-state index is 0.0873. The van der Waals surface area contributed by atoms with E-state index in [0.717, 1.165) is 0 Å². The zero-order valence-electron chi connectivity index (χ0n) is 8.65. The molecule has 4 N–H and O–H groups in total. The van der Waals surface area contributed by atoms with Crippen molar-refractivity contribution >= 4 is 17.5 Å². The molecule has 0 spiro atoms. The van der Waals surface area contributed by atoms with Crippen molar-refractivity contribution in [2.75, 3.05) is 11.1 Å². The number of aromatic hydroxyl groups is 1. The van der Waals surface area contributed by atoms with E-state index in [1.165, 1.54) is 12.1 Å². The van der Waals surface area contributed by atoms with Crippen LogP contribution in [-0.2, 0) is 4.74 Å². The van der Waals surface area contributed by atoms with E-state index < -0.39 is 6.09 Å². The summed E-state index contributed by atoms with van der Waals surface area (Å²) in [6, 6.07) is 4.43. The van der Waals surface area contributed by atoms with Crippen LogP contribution in [0.3, 0.4) is 0 Å². The van der Waals surface area contributed by atoms with Crippen molar-refractivity contribution in [1.29, 1.82) is 0 Å². The smallest absolute Gasteiger partial charge is 0.411 e. The van der Waals surface area contributed by atoms with Gasteiger partial charge in [0.05, 0.1) is 11.8 Å². The standard InChI is InChI=1S/C10H14N2O3/c1-6(2)15-10(14)12-8-4-3-7(11)5-9(8)13/h3-6,13H,11H2,1-2H3,(H,12,14). The van der Waals surface area contributed by atoms with E-state index in [1.54, 1.807) is 19.9 Å². The minimum Gasteiger partial charge on any atom is -0.506 e.